The van der Waals surface area contributed by atoms with Crippen LogP contribution in [0.25, 0.3) is 0 Å². The lowest BCUT2D eigenvalue weighted by Crippen LogP contribution is -2.48. The summed E-state index contributed by atoms with van der Waals surface area (Å²) in [5.41, 5.74) is 10.8. The molecule has 26 heavy (non-hydrogen) atoms. The van der Waals surface area contributed by atoms with E-state index in [1.807, 2.05) is 5.32 Å². The fourth-order valence-electron chi connectivity index (χ4n) is 1.82. The molecular weight excluding hydrogens is 352 g/mol. The third-order valence-corrected chi connectivity index (χ3v) is 3.33. The first-order valence-electron chi connectivity index (χ1n) is 7.61. The Morgan fingerprint density at radius 1 is 1.23 bits per heavy atom. The molecule has 0 saturated carbocycles. The van der Waals surface area contributed by atoms with Gasteiger partial charge in [-0.1, -0.05) is 0 Å². The standard InChI is InChI=1S/C13H22N6O7/c1-5(21)9(15)11-19-18-10(26-11)6(2-3-8(14)22)16-13(25)17-7(4-20)12(23)24/h5-7,9,20-21H,2-4,15H2,1H3,(H2,14,22)(H,23,24)(H2,16,17,25)/t5?,6?,7-,9-/m0/s1. The molecule has 1 rings (SSSR count). The van der Waals surface area contributed by atoms with E-state index in [-0.39, 0.29) is 24.6 Å². The highest BCUT2D eigenvalue weighted by Crippen LogP contribution is 2.20. The van der Waals surface area contributed by atoms with E-state index in [0.29, 0.717) is 0 Å². The molecule has 0 radical (unpaired) electrons. The molecule has 0 aliphatic rings. The Hall–Kier alpha value is -2.77. The number of amides is 3. The second kappa shape index (κ2) is 9.65. The van der Waals surface area contributed by atoms with Crippen molar-refractivity contribution in [1.29, 1.82) is 0 Å². The average molecular weight is 374 g/mol. The molecule has 2 unspecified atom stereocenters. The number of hydrogen-bond donors (Lipinski definition) is 7. The van der Waals surface area contributed by atoms with Crippen LogP contribution in [0.15, 0.2) is 4.42 Å². The molecule has 0 fully saturated rings. The Morgan fingerprint density at radius 2 is 1.85 bits per heavy atom. The Bertz CT molecular complexity index is 634. The van der Waals surface area contributed by atoms with E-state index in [9.17, 15) is 19.5 Å². The van der Waals surface area contributed by atoms with Gasteiger partial charge in [-0.05, 0) is 13.3 Å². The molecule has 3 amide bonds. The van der Waals surface area contributed by atoms with Gasteiger partial charge in [0, 0.05) is 6.42 Å². The van der Waals surface area contributed by atoms with Crippen LogP contribution in [-0.2, 0) is 9.59 Å². The maximum atomic E-state index is 11.9. The number of urea groups is 1. The van der Waals surface area contributed by atoms with Gasteiger partial charge in [0.1, 0.15) is 12.1 Å². The zero-order valence-electron chi connectivity index (χ0n) is 14.0. The summed E-state index contributed by atoms with van der Waals surface area (Å²) < 4.78 is 5.31. The van der Waals surface area contributed by atoms with Gasteiger partial charge in [-0.3, -0.25) is 4.79 Å². The second-order valence-corrected chi connectivity index (χ2v) is 5.49. The van der Waals surface area contributed by atoms with Crippen LogP contribution >= 0.6 is 0 Å². The second-order valence-electron chi connectivity index (χ2n) is 5.49. The first-order valence-corrected chi connectivity index (χ1v) is 7.61. The number of primary amides is 1. The molecule has 0 bridgehead atoms. The van der Waals surface area contributed by atoms with Gasteiger partial charge < -0.3 is 41.8 Å². The molecule has 0 aliphatic heterocycles. The number of aliphatic hydroxyl groups is 2. The summed E-state index contributed by atoms with van der Waals surface area (Å²) in [5.74, 6) is -2.26. The molecule has 0 spiro atoms. The first kappa shape index (κ1) is 21.3. The SMILES string of the molecule is CC(O)[C@H](N)c1nnc(C(CCC(N)=O)NC(=O)N[C@@H](CO)C(=O)O)o1. The molecule has 1 aromatic heterocycles. The summed E-state index contributed by atoms with van der Waals surface area (Å²) >= 11 is 0. The number of aromatic nitrogens is 2. The number of carboxylic acid groups (broad SMARTS) is 1. The lowest BCUT2D eigenvalue weighted by atomic mass is 10.1. The number of nitrogens with zero attached hydrogens (tertiary/aromatic N) is 2. The summed E-state index contributed by atoms with van der Waals surface area (Å²) in [5, 5.41) is 39.0. The molecule has 0 aromatic carbocycles. The number of nitrogens with one attached hydrogen (secondary N) is 2. The minimum atomic E-state index is -1.52. The van der Waals surface area contributed by atoms with E-state index < -0.39 is 48.7 Å². The molecular formula is C13H22N6O7. The minimum absolute atomic E-state index is 0.00876. The molecule has 0 aliphatic carbocycles. The number of nitrogens with two attached hydrogens (primary N) is 2. The summed E-state index contributed by atoms with van der Waals surface area (Å²) in [6.07, 6.45) is -1.11. The zero-order valence-corrected chi connectivity index (χ0v) is 14.0. The van der Waals surface area contributed by atoms with Gasteiger partial charge in [0.15, 0.2) is 6.04 Å². The topological polar surface area (TPSA) is 227 Å². The molecule has 0 saturated heterocycles. The van der Waals surface area contributed by atoms with Crippen molar-refractivity contribution in [1.82, 2.24) is 20.8 Å². The monoisotopic (exact) mass is 374 g/mol. The van der Waals surface area contributed by atoms with Crippen molar-refractivity contribution in [3.8, 4) is 0 Å². The molecule has 13 heteroatoms. The van der Waals surface area contributed by atoms with Crippen molar-refractivity contribution in [3.05, 3.63) is 11.8 Å². The van der Waals surface area contributed by atoms with Gasteiger partial charge >= 0.3 is 12.0 Å². The van der Waals surface area contributed by atoms with E-state index >= 15 is 0 Å². The quantitative estimate of drug-likeness (QED) is 0.228. The van der Waals surface area contributed by atoms with Crippen molar-refractivity contribution in [2.75, 3.05) is 6.61 Å². The highest BCUT2D eigenvalue weighted by atomic mass is 16.4. The smallest absolute Gasteiger partial charge is 0.328 e. The van der Waals surface area contributed by atoms with E-state index in [0.717, 1.165) is 0 Å². The minimum Gasteiger partial charge on any atom is -0.480 e. The van der Waals surface area contributed by atoms with Gasteiger partial charge in [-0.15, -0.1) is 10.2 Å². The average Bonchev–Trinajstić information content (AvgIpc) is 3.04. The number of carbonyl (C=O) groups excluding carboxylic acids is 2. The van der Waals surface area contributed by atoms with Gasteiger partial charge in [0.25, 0.3) is 0 Å². The van der Waals surface area contributed by atoms with Gasteiger partial charge in [0.2, 0.25) is 17.7 Å². The first-order chi connectivity index (χ1) is 12.1. The van der Waals surface area contributed by atoms with Crippen LogP contribution in [0.4, 0.5) is 4.79 Å². The zero-order chi connectivity index (χ0) is 19.9. The predicted octanol–water partition coefficient (Wildman–Crippen LogP) is -2.50. The van der Waals surface area contributed by atoms with Crippen LogP contribution in [0.3, 0.4) is 0 Å². The molecule has 1 heterocycles. The van der Waals surface area contributed by atoms with Crippen molar-refractivity contribution >= 4 is 17.9 Å². The van der Waals surface area contributed by atoms with Gasteiger partial charge in [-0.25, -0.2) is 9.59 Å². The lowest BCUT2D eigenvalue weighted by Gasteiger charge is -2.17. The molecule has 4 atom stereocenters. The molecule has 146 valence electrons. The van der Waals surface area contributed by atoms with Crippen LogP contribution in [0.5, 0.6) is 0 Å². The summed E-state index contributed by atoms with van der Waals surface area (Å²) in [6, 6.07) is -4.39. The Balaban J connectivity index is 2.89. The van der Waals surface area contributed by atoms with Crippen molar-refractivity contribution in [2.24, 2.45) is 11.5 Å². The Kier molecular flexibility index (Phi) is 7.89. The predicted molar refractivity (Wildman–Crippen MR) is 84.3 cm³/mol. The Labute approximate surface area is 147 Å². The fourth-order valence-corrected chi connectivity index (χ4v) is 1.82. The van der Waals surface area contributed by atoms with Crippen LogP contribution < -0.4 is 22.1 Å². The van der Waals surface area contributed by atoms with E-state index in [2.05, 4.69) is 15.5 Å². The number of carboxylic acids is 1. The molecule has 13 nitrogen and oxygen atoms in total. The fraction of sp³-hybridized carbons (Fsp3) is 0.615. The molecule has 9 N–H and O–H groups in total. The maximum absolute atomic E-state index is 11.9. The van der Waals surface area contributed by atoms with E-state index in [4.69, 9.17) is 26.1 Å². The van der Waals surface area contributed by atoms with Crippen LogP contribution in [0.1, 0.15) is 43.6 Å². The number of hydrogen-bond acceptors (Lipinski definition) is 9. The number of aliphatic carboxylic acids is 1. The van der Waals surface area contributed by atoms with Gasteiger partial charge in [-0.2, -0.15) is 0 Å². The van der Waals surface area contributed by atoms with Crippen LogP contribution in [-0.4, -0.2) is 62.2 Å². The summed E-state index contributed by atoms with van der Waals surface area (Å²) in [6.45, 7) is 0.606. The van der Waals surface area contributed by atoms with Crippen molar-refractivity contribution in [3.63, 3.8) is 0 Å². The number of aliphatic hydroxyl groups excluding tert-OH is 2. The van der Waals surface area contributed by atoms with E-state index in [1.165, 1.54) is 6.92 Å². The van der Waals surface area contributed by atoms with E-state index in [1.54, 1.807) is 0 Å². The third kappa shape index (κ3) is 6.27. The number of carbonyl (C=O) groups is 3. The summed E-state index contributed by atoms with van der Waals surface area (Å²) in [4.78, 5) is 33.8. The Morgan fingerprint density at radius 3 is 2.35 bits per heavy atom. The maximum Gasteiger partial charge on any atom is 0.328 e. The molecule has 1 aromatic rings. The van der Waals surface area contributed by atoms with Crippen molar-refractivity contribution in [2.45, 2.75) is 44.0 Å². The van der Waals surface area contributed by atoms with Crippen LogP contribution in [0.2, 0.25) is 0 Å². The van der Waals surface area contributed by atoms with Crippen LogP contribution in [0, 0.1) is 0 Å². The normalized spacial score (nSPS) is 15.5. The lowest BCUT2D eigenvalue weighted by molar-refractivity contribution is -0.140. The van der Waals surface area contributed by atoms with Crippen molar-refractivity contribution < 1.29 is 34.1 Å². The largest absolute Gasteiger partial charge is 0.480 e. The summed E-state index contributed by atoms with van der Waals surface area (Å²) in [7, 11) is 0. The van der Waals surface area contributed by atoms with Gasteiger partial charge in [0.05, 0.1) is 12.7 Å². The third-order valence-electron chi connectivity index (χ3n) is 3.33. The highest BCUT2D eigenvalue weighted by molar-refractivity contribution is 5.82. The number of rotatable bonds is 10. The highest BCUT2D eigenvalue weighted by Gasteiger charge is 2.26.